The van der Waals surface area contributed by atoms with Crippen LogP contribution in [0.3, 0.4) is 0 Å². The summed E-state index contributed by atoms with van der Waals surface area (Å²) in [5, 5.41) is 10.6. The molecule has 4 atom stereocenters. The number of pyridine rings is 2. The van der Waals surface area contributed by atoms with Crippen molar-refractivity contribution in [2.24, 2.45) is 0 Å². The molecule has 18 nitrogen and oxygen atoms in total. The summed E-state index contributed by atoms with van der Waals surface area (Å²) in [6.07, 6.45) is 1.84. The van der Waals surface area contributed by atoms with Crippen molar-refractivity contribution in [3.63, 3.8) is 0 Å². The number of hydrogen-bond acceptors (Lipinski definition) is 15. The summed E-state index contributed by atoms with van der Waals surface area (Å²) in [5.41, 5.74) is 9.27. The molecule has 2 aliphatic heterocycles. The molecule has 4 aromatic heterocycles. The van der Waals surface area contributed by atoms with Crippen molar-refractivity contribution < 1.29 is 64.0 Å². The zero-order valence-electron chi connectivity index (χ0n) is 52.3. The third kappa shape index (κ3) is 14.8. The van der Waals surface area contributed by atoms with E-state index in [1.165, 1.54) is 17.7 Å². The first-order valence-corrected chi connectivity index (χ1v) is 30.5. The molecule has 0 bridgehead atoms. The Morgan fingerprint density at radius 3 is 1.44 bits per heavy atom. The van der Waals surface area contributed by atoms with Gasteiger partial charge in [0.15, 0.2) is 11.6 Å². The zero-order valence-corrected chi connectivity index (χ0v) is 52.3. The number of nitrogens with two attached hydrogens (primary N) is 1. The van der Waals surface area contributed by atoms with E-state index in [2.05, 4.69) is 39.3 Å². The molecular weight excluding hydrogens is 1160 g/mol. The molecule has 2 aliphatic carbocycles. The first kappa shape index (κ1) is 65.4. The lowest BCUT2D eigenvalue weighted by Gasteiger charge is -2.36. The molecule has 6 aromatic rings. The third-order valence-electron chi connectivity index (χ3n) is 17.1. The van der Waals surface area contributed by atoms with Crippen molar-refractivity contribution in [1.29, 1.82) is 0 Å². The van der Waals surface area contributed by atoms with Crippen LogP contribution in [0.2, 0.25) is 0 Å². The molecule has 2 unspecified atom stereocenters. The average molecular weight is 1240 g/mol. The van der Waals surface area contributed by atoms with Crippen LogP contribution >= 0.6 is 0 Å². The fourth-order valence-electron chi connectivity index (χ4n) is 12.9. The van der Waals surface area contributed by atoms with Gasteiger partial charge in [-0.1, -0.05) is 72.1 Å². The number of halogens is 6. The van der Waals surface area contributed by atoms with Gasteiger partial charge >= 0.3 is 30.6 Å². The van der Waals surface area contributed by atoms with Crippen molar-refractivity contribution in [1.82, 2.24) is 30.1 Å². The summed E-state index contributed by atoms with van der Waals surface area (Å²) in [5.74, 6) is 2.88. The van der Waals surface area contributed by atoms with E-state index in [0.717, 1.165) is 93.6 Å². The predicted molar refractivity (Wildman–Crippen MR) is 324 cm³/mol. The maximum absolute atomic E-state index is 13.7. The van der Waals surface area contributed by atoms with E-state index in [4.69, 9.17) is 39.0 Å². The Labute approximate surface area is 514 Å². The number of benzene rings is 2. The first-order chi connectivity index (χ1) is 42.0. The topological polar surface area (TPSA) is 208 Å². The van der Waals surface area contributed by atoms with Crippen LogP contribution < -0.4 is 20.9 Å². The van der Waals surface area contributed by atoms with Crippen LogP contribution in [0.5, 0.6) is 0 Å². The number of carbonyl (C=O) groups is 3. The van der Waals surface area contributed by atoms with Crippen LogP contribution in [0, 0.1) is 27.7 Å². The molecule has 4 aliphatic rings. The van der Waals surface area contributed by atoms with E-state index in [-0.39, 0.29) is 36.3 Å². The number of carbonyl (C=O) groups excluding carboxylic acids is 3. The number of alkyl halides is 6. The van der Waals surface area contributed by atoms with Gasteiger partial charge < -0.3 is 38.8 Å². The molecular formula is C65H80F6N10O8. The van der Waals surface area contributed by atoms with E-state index >= 15 is 0 Å². The molecule has 6 heterocycles. The molecule has 4 fully saturated rings. The highest BCUT2D eigenvalue weighted by Crippen LogP contribution is 2.43. The lowest BCUT2D eigenvalue weighted by atomic mass is 9.93. The van der Waals surface area contributed by atoms with Gasteiger partial charge in [-0.05, 0) is 149 Å². The number of hydrogen-bond donors (Lipinski definition) is 2. The number of amides is 3. The van der Waals surface area contributed by atoms with Gasteiger partial charge in [-0.3, -0.25) is 15.1 Å². The van der Waals surface area contributed by atoms with E-state index in [0.29, 0.717) is 74.4 Å². The summed E-state index contributed by atoms with van der Waals surface area (Å²) in [6, 6.07) is 10.9. The number of nitrogens with zero attached hydrogens (tertiary/aromatic N) is 8. The largest absolute Gasteiger partial charge is 0.444 e. The lowest BCUT2D eigenvalue weighted by Crippen LogP contribution is -2.39. The minimum Gasteiger partial charge on any atom is -0.444 e. The van der Waals surface area contributed by atoms with Crippen molar-refractivity contribution in [2.75, 3.05) is 33.9 Å². The Balaban J connectivity index is 0.000000214. The highest BCUT2D eigenvalue weighted by molar-refractivity contribution is 5.90. The number of anilines is 4. The molecule has 2 saturated carbocycles. The molecule has 10 rings (SSSR count). The fraction of sp³-hybridized carbons (Fsp3) is 0.523. The van der Waals surface area contributed by atoms with Crippen LogP contribution in [-0.4, -0.2) is 91.2 Å². The minimum atomic E-state index is -4.53. The Bertz CT molecular complexity index is 3490. The quantitative estimate of drug-likeness (QED) is 0.0724. The zero-order chi connectivity index (χ0) is 64.4. The maximum atomic E-state index is 13.7. The summed E-state index contributed by atoms with van der Waals surface area (Å²) in [7, 11) is 0. The lowest BCUT2D eigenvalue weighted by molar-refractivity contribution is -0.138. The Hall–Kier alpha value is -8.05. The second-order valence-electron chi connectivity index (χ2n) is 24.8. The van der Waals surface area contributed by atoms with Crippen LogP contribution in [0.1, 0.15) is 181 Å². The second-order valence-corrected chi connectivity index (χ2v) is 24.8. The molecule has 0 spiro atoms. The monoisotopic (exact) mass is 1240 g/mol. The molecule has 0 radical (unpaired) electrons. The molecule has 24 heteroatoms. The third-order valence-corrected chi connectivity index (χ3v) is 17.1. The van der Waals surface area contributed by atoms with Crippen molar-refractivity contribution >= 4 is 41.6 Å². The van der Waals surface area contributed by atoms with Gasteiger partial charge in [-0.2, -0.15) is 26.3 Å². The van der Waals surface area contributed by atoms with Crippen LogP contribution in [-0.2, 0) is 39.7 Å². The number of rotatable bonds is 15. The highest BCUT2D eigenvalue weighted by atomic mass is 19.4. The summed E-state index contributed by atoms with van der Waals surface area (Å²) in [6.45, 7) is 21.4. The van der Waals surface area contributed by atoms with Crippen LogP contribution in [0.4, 0.5) is 64.0 Å². The van der Waals surface area contributed by atoms with Crippen molar-refractivity contribution in [3.05, 3.63) is 117 Å². The van der Waals surface area contributed by atoms with Gasteiger partial charge in [0.1, 0.15) is 41.0 Å². The summed E-state index contributed by atoms with van der Waals surface area (Å²) < 4.78 is 109. The average Bonchev–Trinajstić information content (AvgIpc) is 1.93. The predicted octanol–water partition coefficient (Wildman–Crippen LogP) is 16.2. The van der Waals surface area contributed by atoms with Crippen molar-refractivity contribution in [3.8, 4) is 22.3 Å². The van der Waals surface area contributed by atoms with Gasteiger partial charge in [0, 0.05) is 59.8 Å². The number of aryl methyl sites for hydroxylation is 4. The Morgan fingerprint density at radius 2 is 1.04 bits per heavy atom. The van der Waals surface area contributed by atoms with Crippen molar-refractivity contribution in [2.45, 2.75) is 208 Å². The number of ether oxygens (including phenoxy) is 3. The van der Waals surface area contributed by atoms with Gasteiger partial charge in [0.05, 0.1) is 47.4 Å². The van der Waals surface area contributed by atoms with Gasteiger partial charge in [0.25, 0.3) is 0 Å². The van der Waals surface area contributed by atoms with E-state index in [9.17, 15) is 40.7 Å². The first-order valence-electron chi connectivity index (χ1n) is 30.5. The van der Waals surface area contributed by atoms with Gasteiger partial charge in [-0.15, -0.1) is 0 Å². The number of aromatic nitrogens is 4. The Morgan fingerprint density at radius 1 is 0.629 bits per heavy atom. The number of nitrogen functional groups attached to an aromatic ring is 1. The molecule has 3 amide bonds. The molecule has 89 heavy (non-hydrogen) atoms. The van der Waals surface area contributed by atoms with Crippen LogP contribution in [0.15, 0.2) is 70.0 Å². The summed E-state index contributed by atoms with van der Waals surface area (Å²) in [4.78, 5) is 56.7. The maximum Gasteiger partial charge on any atom is 0.416 e. The molecule has 2 aromatic carbocycles. The Kier molecular flexibility index (Phi) is 19.5. The molecule has 2 saturated heterocycles. The van der Waals surface area contributed by atoms with Crippen LogP contribution in [0.25, 0.3) is 22.3 Å². The highest BCUT2D eigenvalue weighted by Gasteiger charge is 2.44. The number of nitrogens with one attached hydrogen (secondary N) is 1. The van der Waals surface area contributed by atoms with E-state index < -0.39 is 71.7 Å². The second kappa shape index (κ2) is 26.6. The van der Waals surface area contributed by atoms with E-state index in [1.54, 1.807) is 91.7 Å². The SMILES string of the molecule is CCN(c1ncc(-c2c(N)noc2C)cc1CN1C(=O)OC(c2cc(C)cc(C(F)(F)F)c2)[C@@H]1C)C1CCCCC1.CCN(c1ncc(-c2c(NC(=O)OC(C)(C)C)noc2C)cc1CN1C(=O)OC(c2cc(C)cc(C(F)(F)F)c2)[C@@H]1C)C1CCCCC1. The normalized spacial score (nSPS) is 19.4. The fourth-order valence-corrected chi connectivity index (χ4v) is 12.9. The summed E-state index contributed by atoms with van der Waals surface area (Å²) >= 11 is 0. The minimum absolute atomic E-state index is 0.0903. The number of cyclic esters (lactones) is 2. The van der Waals surface area contributed by atoms with Gasteiger partial charge in [-0.25, -0.2) is 24.4 Å². The molecule has 480 valence electrons. The standard InChI is InChI=1S/C35H44F3N5O5.C30H36F3N5O3/c1-8-42(27-12-10-9-11-13-27)31-25(16-24(18-39-31)28-22(4)48-41-30(28)40-32(44)47-34(5,6)7)19-43-21(3)29(46-33(43)45)23-14-20(2)15-26(17-23)35(36,37)38;1-5-37(24-9-7-6-8-10-24)28-22(13-21(15-35-28)25-19(4)41-36-27(25)34)16-38-18(3)26(40-29(38)39)20-11-17(2)12-23(14-20)30(31,32)33/h14-18,21,27,29H,8-13,19H2,1-7H3,(H,40,41,44);11-15,18,24,26H,5-10,16H2,1-4H3,(H2,34,36)/t21-,29?;18-,26?/m00/s1. The molecule has 3 N–H and O–H groups in total. The van der Waals surface area contributed by atoms with E-state index in [1.807, 2.05) is 12.1 Å². The van der Waals surface area contributed by atoms with Gasteiger partial charge in [0.2, 0.25) is 0 Å². The smallest absolute Gasteiger partial charge is 0.416 e.